The van der Waals surface area contributed by atoms with Gasteiger partial charge in [0.25, 0.3) is 0 Å². The summed E-state index contributed by atoms with van der Waals surface area (Å²) in [6.45, 7) is -0.146. The fourth-order valence-electron chi connectivity index (χ4n) is 1.62. The third-order valence-electron chi connectivity index (χ3n) is 2.51. The maximum Gasteiger partial charge on any atom is 0.146 e. The molecule has 0 aliphatic heterocycles. The Hall–Kier alpha value is -1.46. The molecule has 2 aromatic rings. The summed E-state index contributed by atoms with van der Waals surface area (Å²) in [4.78, 5) is 4.03. The van der Waals surface area contributed by atoms with Gasteiger partial charge in [-0.3, -0.25) is 4.98 Å². The van der Waals surface area contributed by atoms with E-state index in [1.54, 1.807) is 30.6 Å². The molecule has 0 amide bonds. The lowest BCUT2D eigenvalue weighted by Crippen LogP contribution is -2.15. The molecule has 1 aromatic carbocycles. The second kappa shape index (κ2) is 5.93. The van der Waals surface area contributed by atoms with Crippen LogP contribution < -0.4 is 5.32 Å². The number of nitrogens with zero attached hydrogens (tertiary/aromatic N) is 1. The zero-order valence-electron chi connectivity index (χ0n) is 9.48. The third-order valence-corrected chi connectivity index (χ3v) is 2.95. The number of aliphatic hydroxyl groups is 1. The van der Waals surface area contributed by atoms with Crippen LogP contribution in [0.3, 0.4) is 0 Å². The lowest BCUT2D eigenvalue weighted by molar-refractivity contribution is 0.276. The van der Waals surface area contributed by atoms with Gasteiger partial charge in [-0.15, -0.1) is 0 Å². The summed E-state index contributed by atoms with van der Waals surface area (Å²) in [6.07, 6.45) is 3.29. The number of anilines is 1. The highest BCUT2D eigenvalue weighted by Gasteiger charge is 2.12. The first-order valence-electron chi connectivity index (χ1n) is 5.43. The van der Waals surface area contributed by atoms with Crippen molar-refractivity contribution in [3.8, 4) is 0 Å². The van der Waals surface area contributed by atoms with E-state index < -0.39 is 6.04 Å². The molecule has 0 aliphatic rings. The van der Waals surface area contributed by atoms with Crippen LogP contribution in [0.25, 0.3) is 0 Å². The molecule has 0 saturated heterocycles. The zero-order chi connectivity index (χ0) is 13.0. The van der Waals surface area contributed by atoms with Gasteiger partial charge in [0.05, 0.1) is 18.3 Å². The van der Waals surface area contributed by atoms with Crippen LogP contribution in [-0.2, 0) is 0 Å². The van der Waals surface area contributed by atoms with Gasteiger partial charge in [0.1, 0.15) is 5.82 Å². The number of halogens is 2. The number of nitrogens with one attached hydrogen (secondary N) is 1. The molecule has 1 aromatic heterocycles. The van der Waals surface area contributed by atoms with Gasteiger partial charge in [-0.25, -0.2) is 4.39 Å². The number of rotatable bonds is 4. The van der Waals surface area contributed by atoms with Gasteiger partial charge in [0.15, 0.2) is 0 Å². The number of aliphatic hydroxyl groups excluding tert-OH is 1. The third kappa shape index (κ3) is 3.05. The van der Waals surface area contributed by atoms with Gasteiger partial charge in [0.2, 0.25) is 0 Å². The quantitative estimate of drug-likeness (QED) is 0.912. The van der Waals surface area contributed by atoms with Gasteiger partial charge in [-0.05, 0) is 39.7 Å². The Labute approximate surface area is 113 Å². The van der Waals surface area contributed by atoms with E-state index in [4.69, 9.17) is 0 Å². The summed E-state index contributed by atoms with van der Waals surface area (Å²) in [5.41, 5.74) is 1.15. The number of hydrogen-bond donors (Lipinski definition) is 2. The SMILES string of the molecule is OCC(Nc1ccccc1F)c1cncc(Br)c1. The van der Waals surface area contributed by atoms with Gasteiger partial charge in [0, 0.05) is 16.9 Å². The molecular formula is C13H12BrFN2O. The normalized spacial score (nSPS) is 12.2. The average Bonchev–Trinajstić information content (AvgIpc) is 2.38. The van der Waals surface area contributed by atoms with E-state index in [1.807, 2.05) is 6.07 Å². The molecule has 5 heteroatoms. The van der Waals surface area contributed by atoms with Crippen molar-refractivity contribution < 1.29 is 9.50 Å². The molecule has 3 nitrogen and oxygen atoms in total. The number of para-hydroxylation sites is 1. The molecule has 0 aliphatic carbocycles. The fraction of sp³-hybridized carbons (Fsp3) is 0.154. The Bertz CT molecular complexity index is 536. The monoisotopic (exact) mass is 310 g/mol. The number of hydrogen-bond acceptors (Lipinski definition) is 3. The first-order chi connectivity index (χ1) is 8.70. The van der Waals surface area contributed by atoms with Crippen LogP contribution >= 0.6 is 15.9 Å². The average molecular weight is 311 g/mol. The van der Waals surface area contributed by atoms with Crippen LogP contribution in [0.1, 0.15) is 11.6 Å². The van der Waals surface area contributed by atoms with E-state index in [2.05, 4.69) is 26.2 Å². The molecule has 1 atom stereocenters. The van der Waals surface area contributed by atoms with Crippen molar-refractivity contribution in [3.63, 3.8) is 0 Å². The lowest BCUT2D eigenvalue weighted by atomic mass is 10.1. The van der Waals surface area contributed by atoms with E-state index in [0.717, 1.165) is 10.0 Å². The maximum absolute atomic E-state index is 13.5. The first kappa shape index (κ1) is 13.0. The summed E-state index contributed by atoms with van der Waals surface area (Å²) in [6, 6.07) is 7.79. The molecule has 2 N–H and O–H groups in total. The Balaban J connectivity index is 2.23. The molecule has 0 saturated carbocycles. The zero-order valence-corrected chi connectivity index (χ0v) is 11.1. The predicted octanol–water partition coefficient (Wildman–Crippen LogP) is 3.13. The summed E-state index contributed by atoms with van der Waals surface area (Å²) in [7, 11) is 0. The Kier molecular flexibility index (Phi) is 4.28. The lowest BCUT2D eigenvalue weighted by Gasteiger charge is -2.18. The molecule has 0 bridgehead atoms. The highest BCUT2D eigenvalue weighted by Crippen LogP contribution is 2.22. The molecular weight excluding hydrogens is 299 g/mol. The molecule has 1 unspecified atom stereocenters. The molecule has 1 heterocycles. The molecule has 18 heavy (non-hydrogen) atoms. The minimum atomic E-state index is -0.396. The van der Waals surface area contributed by atoms with Crippen molar-refractivity contribution in [2.45, 2.75) is 6.04 Å². The summed E-state index contributed by atoms with van der Waals surface area (Å²) in [5, 5.41) is 12.3. The fourth-order valence-corrected chi connectivity index (χ4v) is 2.00. The highest BCUT2D eigenvalue weighted by molar-refractivity contribution is 9.10. The second-order valence-electron chi connectivity index (χ2n) is 3.80. The van der Waals surface area contributed by atoms with E-state index in [0.29, 0.717) is 5.69 Å². The van der Waals surface area contributed by atoms with Crippen molar-refractivity contribution in [2.75, 3.05) is 11.9 Å². The first-order valence-corrected chi connectivity index (χ1v) is 6.22. The van der Waals surface area contributed by atoms with Crippen LogP contribution in [0, 0.1) is 5.82 Å². The minimum Gasteiger partial charge on any atom is -0.394 e. The van der Waals surface area contributed by atoms with E-state index in [9.17, 15) is 9.50 Å². The van der Waals surface area contributed by atoms with Gasteiger partial charge in [-0.1, -0.05) is 12.1 Å². The number of benzene rings is 1. The van der Waals surface area contributed by atoms with Crippen molar-refractivity contribution in [1.29, 1.82) is 0 Å². The Morgan fingerprint density at radius 2 is 2.11 bits per heavy atom. The summed E-state index contributed by atoms with van der Waals surface area (Å²) >= 11 is 3.31. The number of pyridine rings is 1. The molecule has 0 spiro atoms. The second-order valence-corrected chi connectivity index (χ2v) is 4.71. The van der Waals surface area contributed by atoms with Crippen LogP contribution in [0.4, 0.5) is 10.1 Å². The van der Waals surface area contributed by atoms with Crippen LogP contribution in [-0.4, -0.2) is 16.7 Å². The van der Waals surface area contributed by atoms with Crippen LogP contribution in [0.15, 0.2) is 47.2 Å². The van der Waals surface area contributed by atoms with E-state index in [1.165, 1.54) is 6.07 Å². The van der Waals surface area contributed by atoms with Gasteiger partial charge < -0.3 is 10.4 Å². The van der Waals surface area contributed by atoms with Gasteiger partial charge in [-0.2, -0.15) is 0 Å². The smallest absolute Gasteiger partial charge is 0.146 e. The maximum atomic E-state index is 13.5. The van der Waals surface area contributed by atoms with Crippen molar-refractivity contribution >= 4 is 21.6 Å². The Morgan fingerprint density at radius 3 is 2.78 bits per heavy atom. The van der Waals surface area contributed by atoms with Crippen molar-refractivity contribution in [1.82, 2.24) is 4.98 Å². The van der Waals surface area contributed by atoms with Crippen LogP contribution in [0.5, 0.6) is 0 Å². The van der Waals surface area contributed by atoms with E-state index in [-0.39, 0.29) is 12.4 Å². The summed E-state index contributed by atoms with van der Waals surface area (Å²) < 4.78 is 14.3. The highest BCUT2D eigenvalue weighted by atomic mass is 79.9. The molecule has 0 fully saturated rings. The largest absolute Gasteiger partial charge is 0.394 e. The molecule has 2 rings (SSSR count). The standard InChI is InChI=1S/C13H12BrFN2O/c14-10-5-9(6-16-7-10)13(8-18)17-12-4-2-1-3-11(12)15/h1-7,13,17-18H,8H2. The number of aromatic nitrogens is 1. The van der Waals surface area contributed by atoms with Crippen molar-refractivity contribution in [2.24, 2.45) is 0 Å². The van der Waals surface area contributed by atoms with E-state index >= 15 is 0 Å². The minimum absolute atomic E-state index is 0.146. The molecule has 94 valence electrons. The van der Waals surface area contributed by atoms with Crippen LogP contribution in [0.2, 0.25) is 0 Å². The predicted molar refractivity (Wildman–Crippen MR) is 71.8 cm³/mol. The topological polar surface area (TPSA) is 45.1 Å². The molecule has 0 radical (unpaired) electrons. The summed E-state index contributed by atoms with van der Waals surface area (Å²) in [5.74, 6) is -0.348. The van der Waals surface area contributed by atoms with Gasteiger partial charge >= 0.3 is 0 Å². The Morgan fingerprint density at radius 1 is 1.33 bits per heavy atom. The van der Waals surface area contributed by atoms with Crippen molar-refractivity contribution in [3.05, 3.63) is 58.6 Å².